The van der Waals surface area contributed by atoms with Crippen LogP contribution in [-0.4, -0.2) is 42.8 Å². The molecule has 0 saturated carbocycles. The van der Waals surface area contributed by atoms with Crippen LogP contribution in [-0.2, 0) is 11.2 Å². The van der Waals surface area contributed by atoms with Crippen molar-refractivity contribution in [1.29, 1.82) is 0 Å². The third-order valence-electron chi connectivity index (χ3n) is 3.59. The first kappa shape index (κ1) is 15.0. The Kier molecular flexibility index (Phi) is 5.59. The number of rotatable bonds is 6. The molecule has 1 unspecified atom stereocenters. The van der Waals surface area contributed by atoms with Crippen molar-refractivity contribution in [2.45, 2.75) is 45.6 Å². The van der Waals surface area contributed by atoms with Crippen molar-refractivity contribution < 1.29 is 4.74 Å². The molecular weight excluding hydrogens is 252 g/mol. The Hall–Kier alpha value is -1.36. The Morgan fingerprint density at radius 2 is 2.25 bits per heavy atom. The summed E-state index contributed by atoms with van der Waals surface area (Å²) >= 11 is 0. The first-order valence-corrected chi connectivity index (χ1v) is 7.69. The van der Waals surface area contributed by atoms with Crippen LogP contribution < -0.4 is 10.2 Å². The molecule has 112 valence electrons. The van der Waals surface area contributed by atoms with Crippen LogP contribution in [0.5, 0.6) is 0 Å². The molecule has 2 rings (SSSR count). The van der Waals surface area contributed by atoms with Crippen molar-refractivity contribution in [3.8, 4) is 0 Å². The quantitative estimate of drug-likeness (QED) is 0.866. The van der Waals surface area contributed by atoms with Gasteiger partial charge in [-0.2, -0.15) is 0 Å². The van der Waals surface area contributed by atoms with E-state index >= 15 is 0 Å². The molecule has 20 heavy (non-hydrogen) atoms. The Bertz CT molecular complexity index is 422. The zero-order chi connectivity index (χ0) is 14.4. The number of hydrogen-bond donors (Lipinski definition) is 1. The molecule has 1 N–H and O–H groups in total. The van der Waals surface area contributed by atoms with Gasteiger partial charge in [0.15, 0.2) is 0 Å². The van der Waals surface area contributed by atoms with Crippen LogP contribution in [0.1, 0.15) is 38.9 Å². The van der Waals surface area contributed by atoms with Crippen molar-refractivity contribution in [1.82, 2.24) is 9.97 Å². The molecule has 0 aliphatic carbocycles. The van der Waals surface area contributed by atoms with Gasteiger partial charge in [0.05, 0.1) is 6.10 Å². The van der Waals surface area contributed by atoms with Crippen molar-refractivity contribution in [2.75, 3.05) is 37.0 Å². The topological polar surface area (TPSA) is 50.3 Å². The lowest BCUT2D eigenvalue weighted by atomic mass is 10.1. The Labute approximate surface area is 121 Å². The largest absolute Gasteiger partial charge is 0.377 e. The van der Waals surface area contributed by atoms with Crippen LogP contribution >= 0.6 is 0 Å². The number of aryl methyl sites for hydroxylation is 1. The minimum absolute atomic E-state index is 0.330. The molecule has 0 spiro atoms. The molecule has 1 atom stereocenters. The van der Waals surface area contributed by atoms with E-state index in [1.807, 2.05) is 13.1 Å². The van der Waals surface area contributed by atoms with E-state index in [0.29, 0.717) is 6.10 Å². The smallest absolute Gasteiger partial charge is 0.134 e. The van der Waals surface area contributed by atoms with E-state index in [4.69, 9.17) is 9.72 Å². The monoisotopic (exact) mass is 278 g/mol. The number of ether oxygens (including phenoxy) is 1. The number of piperidine rings is 1. The van der Waals surface area contributed by atoms with Gasteiger partial charge >= 0.3 is 0 Å². The first-order chi connectivity index (χ1) is 9.76. The number of nitrogens with zero attached hydrogens (tertiary/aromatic N) is 3. The van der Waals surface area contributed by atoms with E-state index < -0.39 is 0 Å². The van der Waals surface area contributed by atoms with Gasteiger partial charge in [0.25, 0.3) is 0 Å². The van der Waals surface area contributed by atoms with E-state index in [-0.39, 0.29) is 0 Å². The predicted octanol–water partition coefficient (Wildman–Crippen LogP) is 2.48. The average molecular weight is 278 g/mol. The molecule has 2 heterocycles. The minimum atomic E-state index is 0.330. The maximum Gasteiger partial charge on any atom is 0.134 e. The van der Waals surface area contributed by atoms with Gasteiger partial charge in [0.1, 0.15) is 17.5 Å². The molecule has 1 aromatic rings. The van der Waals surface area contributed by atoms with Crippen molar-refractivity contribution in [3.05, 3.63) is 11.9 Å². The highest BCUT2D eigenvalue weighted by Crippen LogP contribution is 2.22. The van der Waals surface area contributed by atoms with E-state index in [2.05, 4.69) is 29.0 Å². The standard InChI is InChI=1S/C15H26N4O/c1-4-7-13-17-14(16-3)10-15(18-13)19-9-6-8-12(11-19)20-5-2/h10,12H,4-9,11H2,1-3H3,(H,16,17,18). The van der Waals surface area contributed by atoms with E-state index in [1.165, 1.54) is 0 Å². The SMILES string of the molecule is CCCc1nc(NC)cc(N2CCCC(OCC)C2)n1. The second kappa shape index (κ2) is 7.43. The van der Waals surface area contributed by atoms with Gasteiger partial charge < -0.3 is 15.0 Å². The summed E-state index contributed by atoms with van der Waals surface area (Å²) in [5, 5.41) is 3.13. The van der Waals surface area contributed by atoms with Crippen molar-refractivity contribution in [3.63, 3.8) is 0 Å². The molecule has 5 heteroatoms. The lowest BCUT2D eigenvalue weighted by Gasteiger charge is -2.33. The van der Waals surface area contributed by atoms with Crippen LogP contribution in [0.4, 0.5) is 11.6 Å². The van der Waals surface area contributed by atoms with Crippen LogP contribution in [0.2, 0.25) is 0 Å². The molecule has 0 amide bonds. The highest BCUT2D eigenvalue weighted by molar-refractivity contribution is 5.49. The summed E-state index contributed by atoms with van der Waals surface area (Å²) in [5.74, 6) is 2.85. The van der Waals surface area contributed by atoms with Crippen LogP contribution in [0.3, 0.4) is 0 Å². The van der Waals surface area contributed by atoms with Gasteiger partial charge in [0, 0.05) is 39.2 Å². The number of nitrogens with one attached hydrogen (secondary N) is 1. The van der Waals surface area contributed by atoms with E-state index in [9.17, 15) is 0 Å². The third kappa shape index (κ3) is 3.82. The minimum Gasteiger partial charge on any atom is -0.377 e. The maximum atomic E-state index is 5.77. The summed E-state index contributed by atoms with van der Waals surface area (Å²) < 4.78 is 5.77. The fourth-order valence-corrected chi connectivity index (χ4v) is 2.63. The van der Waals surface area contributed by atoms with Gasteiger partial charge in [-0.05, 0) is 26.2 Å². The molecule has 1 saturated heterocycles. The van der Waals surface area contributed by atoms with Crippen molar-refractivity contribution >= 4 is 11.6 Å². The fourth-order valence-electron chi connectivity index (χ4n) is 2.63. The number of aromatic nitrogens is 2. The summed E-state index contributed by atoms with van der Waals surface area (Å²) in [4.78, 5) is 11.5. The molecule has 1 aliphatic rings. The van der Waals surface area contributed by atoms with E-state index in [1.54, 1.807) is 0 Å². The average Bonchev–Trinajstić information content (AvgIpc) is 2.48. The Morgan fingerprint density at radius 3 is 2.95 bits per heavy atom. The highest BCUT2D eigenvalue weighted by atomic mass is 16.5. The van der Waals surface area contributed by atoms with Gasteiger partial charge in [0.2, 0.25) is 0 Å². The molecule has 5 nitrogen and oxygen atoms in total. The maximum absolute atomic E-state index is 5.77. The molecule has 1 aromatic heterocycles. The summed E-state index contributed by atoms with van der Waals surface area (Å²) in [5.41, 5.74) is 0. The molecule has 1 fully saturated rings. The van der Waals surface area contributed by atoms with Gasteiger partial charge in [-0.15, -0.1) is 0 Å². The second-order valence-corrected chi connectivity index (χ2v) is 5.19. The van der Waals surface area contributed by atoms with Gasteiger partial charge in [-0.3, -0.25) is 0 Å². The molecule has 0 aromatic carbocycles. The molecule has 0 radical (unpaired) electrons. The zero-order valence-corrected chi connectivity index (χ0v) is 12.9. The van der Waals surface area contributed by atoms with Crippen LogP contribution in [0.25, 0.3) is 0 Å². The Balaban J connectivity index is 2.15. The number of hydrogen-bond acceptors (Lipinski definition) is 5. The first-order valence-electron chi connectivity index (χ1n) is 7.69. The van der Waals surface area contributed by atoms with Gasteiger partial charge in [-0.1, -0.05) is 6.92 Å². The van der Waals surface area contributed by atoms with E-state index in [0.717, 1.165) is 62.8 Å². The Morgan fingerprint density at radius 1 is 1.40 bits per heavy atom. The normalized spacial score (nSPS) is 19.1. The summed E-state index contributed by atoms with van der Waals surface area (Å²) in [7, 11) is 1.90. The molecule has 1 aliphatic heterocycles. The summed E-state index contributed by atoms with van der Waals surface area (Å²) in [6.45, 7) is 6.98. The highest BCUT2D eigenvalue weighted by Gasteiger charge is 2.21. The number of anilines is 2. The van der Waals surface area contributed by atoms with Gasteiger partial charge in [-0.25, -0.2) is 9.97 Å². The second-order valence-electron chi connectivity index (χ2n) is 5.19. The van der Waals surface area contributed by atoms with Crippen LogP contribution in [0.15, 0.2) is 6.07 Å². The predicted molar refractivity (Wildman–Crippen MR) is 82.4 cm³/mol. The lowest BCUT2D eigenvalue weighted by Crippen LogP contribution is -2.40. The zero-order valence-electron chi connectivity index (χ0n) is 12.9. The summed E-state index contributed by atoms with van der Waals surface area (Å²) in [6.07, 6.45) is 4.62. The van der Waals surface area contributed by atoms with Crippen molar-refractivity contribution in [2.24, 2.45) is 0 Å². The fraction of sp³-hybridized carbons (Fsp3) is 0.733. The van der Waals surface area contributed by atoms with Crippen LogP contribution in [0, 0.1) is 0 Å². The molecular formula is C15H26N4O. The third-order valence-corrected chi connectivity index (χ3v) is 3.59. The lowest BCUT2D eigenvalue weighted by molar-refractivity contribution is 0.0525. The molecule has 0 bridgehead atoms. The summed E-state index contributed by atoms with van der Waals surface area (Å²) in [6, 6.07) is 2.04.